The minimum atomic E-state index is -0.969. The van der Waals surface area contributed by atoms with Crippen molar-refractivity contribution in [3.8, 4) is 5.75 Å². The first kappa shape index (κ1) is 18.0. The second-order valence-electron chi connectivity index (χ2n) is 5.99. The van der Waals surface area contributed by atoms with Crippen LogP contribution < -0.4 is 10.2 Å². The molecule has 0 saturated heterocycles. The van der Waals surface area contributed by atoms with Gasteiger partial charge in [0, 0.05) is 12.1 Å². The van der Waals surface area contributed by atoms with Crippen molar-refractivity contribution in [3.05, 3.63) is 59.9 Å². The van der Waals surface area contributed by atoms with Gasteiger partial charge in [0.25, 0.3) is 0 Å². The molecule has 1 aromatic carbocycles. The van der Waals surface area contributed by atoms with Gasteiger partial charge in [0.2, 0.25) is 0 Å². The molecule has 8 heteroatoms. The second-order valence-corrected chi connectivity index (χ2v) is 5.99. The summed E-state index contributed by atoms with van der Waals surface area (Å²) in [6.07, 6.45) is 2.43. The van der Waals surface area contributed by atoms with Gasteiger partial charge in [-0.05, 0) is 17.7 Å². The number of amides is 1. The molecule has 138 valence electrons. The number of hydroxylamine groups is 1. The lowest BCUT2D eigenvalue weighted by Gasteiger charge is -2.31. The van der Waals surface area contributed by atoms with Crippen LogP contribution in [0.2, 0.25) is 0 Å². The fourth-order valence-corrected chi connectivity index (χ4v) is 2.95. The SMILES string of the molecule is C=CCONC1CN(C(=O)O)Cc2c1cnn2Cc1ccc(OC)cc1. The zero-order valence-electron chi connectivity index (χ0n) is 14.6. The third-order valence-corrected chi connectivity index (χ3v) is 4.29. The van der Waals surface area contributed by atoms with Gasteiger partial charge in [-0.2, -0.15) is 10.6 Å². The van der Waals surface area contributed by atoms with Crippen molar-refractivity contribution in [1.29, 1.82) is 0 Å². The monoisotopic (exact) mass is 358 g/mol. The number of benzene rings is 1. The summed E-state index contributed by atoms with van der Waals surface area (Å²) in [5.74, 6) is 0.789. The minimum Gasteiger partial charge on any atom is -0.497 e. The van der Waals surface area contributed by atoms with Crippen molar-refractivity contribution in [2.24, 2.45) is 0 Å². The van der Waals surface area contributed by atoms with Crippen molar-refractivity contribution in [2.75, 3.05) is 20.3 Å². The molecular formula is C18H22N4O4. The topological polar surface area (TPSA) is 88.9 Å². The summed E-state index contributed by atoms with van der Waals surface area (Å²) < 4.78 is 7.00. The van der Waals surface area contributed by atoms with E-state index in [4.69, 9.17) is 9.57 Å². The number of fused-ring (bicyclic) bond motifs is 1. The molecule has 0 saturated carbocycles. The fourth-order valence-electron chi connectivity index (χ4n) is 2.95. The first-order valence-corrected chi connectivity index (χ1v) is 8.26. The van der Waals surface area contributed by atoms with E-state index in [0.717, 1.165) is 22.6 Å². The zero-order chi connectivity index (χ0) is 18.5. The summed E-state index contributed by atoms with van der Waals surface area (Å²) in [5, 5.41) is 13.9. The van der Waals surface area contributed by atoms with Crippen LogP contribution in [0.1, 0.15) is 22.9 Å². The predicted molar refractivity (Wildman–Crippen MR) is 94.8 cm³/mol. The van der Waals surface area contributed by atoms with Crippen LogP contribution in [0.5, 0.6) is 5.75 Å². The molecule has 2 aromatic rings. The van der Waals surface area contributed by atoms with Gasteiger partial charge in [-0.3, -0.25) is 9.52 Å². The third-order valence-electron chi connectivity index (χ3n) is 4.29. The molecule has 0 radical (unpaired) electrons. The molecule has 3 rings (SSSR count). The Morgan fingerprint density at radius 2 is 2.23 bits per heavy atom. The van der Waals surface area contributed by atoms with E-state index in [0.29, 0.717) is 26.2 Å². The highest BCUT2D eigenvalue weighted by Crippen LogP contribution is 2.27. The maximum atomic E-state index is 11.5. The molecule has 1 aliphatic rings. The van der Waals surface area contributed by atoms with Crippen molar-refractivity contribution in [2.45, 2.75) is 19.1 Å². The first-order valence-electron chi connectivity index (χ1n) is 8.26. The molecule has 0 fully saturated rings. The van der Waals surface area contributed by atoms with Crippen LogP contribution in [0.25, 0.3) is 0 Å². The molecule has 1 amide bonds. The smallest absolute Gasteiger partial charge is 0.407 e. The summed E-state index contributed by atoms with van der Waals surface area (Å²) >= 11 is 0. The van der Waals surface area contributed by atoms with Crippen LogP contribution >= 0.6 is 0 Å². The Balaban J connectivity index is 1.82. The van der Waals surface area contributed by atoms with E-state index >= 15 is 0 Å². The Bertz CT molecular complexity index is 772. The van der Waals surface area contributed by atoms with E-state index in [1.165, 1.54) is 4.90 Å². The van der Waals surface area contributed by atoms with Crippen LogP contribution in [-0.2, 0) is 17.9 Å². The number of carboxylic acid groups (broad SMARTS) is 1. The van der Waals surface area contributed by atoms with Crippen molar-refractivity contribution in [3.63, 3.8) is 0 Å². The second kappa shape index (κ2) is 8.03. The summed E-state index contributed by atoms with van der Waals surface area (Å²) in [4.78, 5) is 18.2. The lowest BCUT2D eigenvalue weighted by molar-refractivity contribution is 0.0187. The summed E-state index contributed by atoms with van der Waals surface area (Å²) in [6.45, 7) is 5.07. The van der Waals surface area contributed by atoms with E-state index < -0.39 is 6.09 Å². The Hall–Kier alpha value is -2.84. The molecule has 1 unspecified atom stereocenters. The van der Waals surface area contributed by atoms with Crippen LogP contribution in [0.4, 0.5) is 4.79 Å². The average molecular weight is 358 g/mol. The summed E-state index contributed by atoms with van der Waals surface area (Å²) in [7, 11) is 1.63. The van der Waals surface area contributed by atoms with E-state index in [1.54, 1.807) is 19.4 Å². The molecule has 2 N–H and O–H groups in total. The number of nitrogens with one attached hydrogen (secondary N) is 1. The highest BCUT2D eigenvalue weighted by atomic mass is 16.6. The van der Waals surface area contributed by atoms with Crippen molar-refractivity contribution < 1.29 is 19.5 Å². The Kier molecular flexibility index (Phi) is 5.55. The normalized spacial score (nSPS) is 16.2. The van der Waals surface area contributed by atoms with Gasteiger partial charge in [-0.15, -0.1) is 6.58 Å². The number of rotatable bonds is 7. The van der Waals surface area contributed by atoms with E-state index in [1.807, 2.05) is 28.9 Å². The molecule has 0 aliphatic carbocycles. The van der Waals surface area contributed by atoms with Gasteiger partial charge in [-0.25, -0.2) is 4.79 Å². The van der Waals surface area contributed by atoms with Crippen LogP contribution in [-0.4, -0.2) is 46.1 Å². The Labute approximate surface area is 151 Å². The van der Waals surface area contributed by atoms with Crippen LogP contribution in [0, 0.1) is 0 Å². The molecule has 2 heterocycles. The number of aromatic nitrogens is 2. The molecule has 0 spiro atoms. The van der Waals surface area contributed by atoms with Gasteiger partial charge in [-0.1, -0.05) is 18.2 Å². The first-order chi connectivity index (χ1) is 12.6. The van der Waals surface area contributed by atoms with E-state index in [-0.39, 0.29) is 6.04 Å². The summed E-state index contributed by atoms with van der Waals surface area (Å²) in [5.41, 5.74) is 5.76. The van der Waals surface area contributed by atoms with Crippen LogP contribution in [0.15, 0.2) is 43.1 Å². The maximum Gasteiger partial charge on any atom is 0.407 e. The van der Waals surface area contributed by atoms with Crippen molar-refractivity contribution in [1.82, 2.24) is 20.2 Å². The van der Waals surface area contributed by atoms with Gasteiger partial charge in [0.1, 0.15) is 5.75 Å². The number of hydrogen-bond donors (Lipinski definition) is 2. The lowest BCUT2D eigenvalue weighted by Crippen LogP contribution is -2.42. The van der Waals surface area contributed by atoms with Gasteiger partial charge >= 0.3 is 6.09 Å². The van der Waals surface area contributed by atoms with Gasteiger partial charge < -0.3 is 14.7 Å². The Morgan fingerprint density at radius 3 is 2.88 bits per heavy atom. The number of nitrogens with zero attached hydrogens (tertiary/aromatic N) is 3. The largest absolute Gasteiger partial charge is 0.497 e. The van der Waals surface area contributed by atoms with Gasteiger partial charge in [0.15, 0.2) is 0 Å². The molecule has 1 aliphatic heterocycles. The molecule has 26 heavy (non-hydrogen) atoms. The average Bonchev–Trinajstić information content (AvgIpc) is 3.05. The van der Waals surface area contributed by atoms with E-state index in [2.05, 4.69) is 17.2 Å². The summed E-state index contributed by atoms with van der Waals surface area (Å²) in [6, 6.07) is 7.44. The molecular weight excluding hydrogens is 336 g/mol. The highest BCUT2D eigenvalue weighted by Gasteiger charge is 2.31. The van der Waals surface area contributed by atoms with Gasteiger partial charge in [0.05, 0.1) is 44.7 Å². The zero-order valence-corrected chi connectivity index (χ0v) is 14.6. The lowest BCUT2D eigenvalue weighted by atomic mass is 10.0. The minimum absolute atomic E-state index is 0.278. The molecule has 1 atom stereocenters. The highest BCUT2D eigenvalue weighted by molar-refractivity contribution is 5.65. The quantitative estimate of drug-likeness (QED) is 0.448. The number of carbonyl (C=O) groups is 1. The fraction of sp³-hybridized carbons (Fsp3) is 0.333. The molecule has 1 aromatic heterocycles. The number of methoxy groups -OCH3 is 1. The van der Waals surface area contributed by atoms with Crippen molar-refractivity contribution >= 4 is 6.09 Å². The predicted octanol–water partition coefficient (Wildman–Crippen LogP) is 2.18. The third kappa shape index (κ3) is 3.87. The number of hydrogen-bond acceptors (Lipinski definition) is 5. The maximum absolute atomic E-state index is 11.5. The number of ether oxygens (including phenoxy) is 1. The van der Waals surface area contributed by atoms with Crippen LogP contribution in [0.3, 0.4) is 0 Å². The molecule has 0 bridgehead atoms. The van der Waals surface area contributed by atoms with E-state index in [9.17, 15) is 9.90 Å². The Morgan fingerprint density at radius 1 is 1.46 bits per heavy atom. The molecule has 8 nitrogen and oxygen atoms in total. The standard InChI is InChI=1S/C18H22N4O4/c1-3-8-26-20-16-11-21(18(23)24)12-17-15(16)9-19-22(17)10-13-4-6-14(25-2)7-5-13/h3-7,9,16,20H,1,8,10-12H2,2H3,(H,23,24).